The third-order valence-corrected chi connectivity index (χ3v) is 1.04. The van der Waals surface area contributed by atoms with E-state index < -0.39 is 0 Å². The maximum atomic E-state index is 5.11. The molecule has 1 nitrogen and oxygen atoms in total. The molecule has 9 heavy (non-hydrogen) atoms. The molecule has 48 valence electrons. The number of hydrogen-bond acceptors (Lipinski definition) is 0. The molecule has 0 aromatic carbocycles. The lowest BCUT2D eigenvalue weighted by atomic mass is 10.4. The summed E-state index contributed by atoms with van der Waals surface area (Å²) in [6, 6.07) is 0. The van der Waals surface area contributed by atoms with Crippen molar-refractivity contribution < 1.29 is 4.48 Å². The Labute approximate surface area is 57.3 Å². The number of rotatable bonds is 2. The van der Waals surface area contributed by atoms with Crippen molar-refractivity contribution in [3.8, 4) is 24.7 Å². The topological polar surface area (TPSA) is 0 Å². The van der Waals surface area contributed by atoms with E-state index in [1.807, 2.05) is 14.1 Å². The Morgan fingerprint density at radius 1 is 1.11 bits per heavy atom. The highest BCUT2D eigenvalue weighted by atomic mass is 15.3. The van der Waals surface area contributed by atoms with Crippen LogP contribution in [0.3, 0.4) is 0 Å². The Hall–Kier alpha value is -0.920. The van der Waals surface area contributed by atoms with E-state index in [-0.39, 0.29) is 0 Å². The molecule has 1 heteroatoms. The summed E-state index contributed by atoms with van der Waals surface area (Å²) in [5, 5.41) is 0. The lowest BCUT2D eigenvalue weighted by Gasteiger charge is -2.24. The molecule has 0 bridgehead atoms. The van der Waals surface area contributed by atoms with Crippen molar-refractivity contribution in [3.05, 3.63) is 0 Å². The van der Waals surface area contributed by atoms with Crippen LogP contribution in [0.5, 0.6) is 0 Å². The van der Waals surface area contributed by atoms with Crippen LogP contribution in [-0.2, 0) is 0 Å². The quantitative estimate of drug-likeness (QED) is 0.366. The van der Waals surface area contributed by atoms with Gasteiger partial charge in [0.2, 0.25) is 0 Å². The van der Waals surface area contributed by atoms with Crippen molar-refractivity contribution in [2.45, 2.75) is 0 Å². The molecule has 0 heterocycles. The van der Waals surface area contributed by atoms with Crippen molar-refractivity contribution in [2.75, 3.05) is 27.2 Å². The zero-order chi connectivity index (χ0) is 7.33. The lowest BCUT2D eigenvalue weighted by Crippen LogP contribution is -2.39. The van der Waals surface area contributed by atoms with Gasteiger partial charge in [-0.3, -0.25) is 0 Å². The zero-order valence-corrected chi connectivity index (χ0v) is 6.02. The normalized spacial score (nSPS) is 9.78. The molecule has 0 saturated heterocycles. The van der Waals surface area contributed by atoms with Gasteiger partial charge in [-0.25, -0.2) is 0 Å². The van der Waals surface area contributed by atoms with Crippen molar-refractivity contribution in [2.24, 2.45) is 0 Å². The van der Waals surface area contributed by atoms with Crippen molar-refractivity contribution in [1.82, 2.24) is 0 Å². The summed E-state index contributed by atoms with van der Waals surface area (Å²) in [4.78, 5) is 0. The minimum atomic E-state index is 0.699. The van der Waals surface area contributed by atoms with Crippen LogP contribution >= 0.6 is 0 Å². The summed E-state index contributed by atoms with van der Waals surface area (Å²) in [7, 11) is 4.03. The standard InChI is InChI=1S/C8H12N/c1-5-7-9(3,4)8-6-2/h1-2H,7-8H2,3-4H3/q+1. The van der Waals surface area contributed by atoms with Crippen LogP contribution in [0.15, 0.2) is 0 Å². The van der Waals surface area contributed by atoms with Crippen LogP contribution < -0.4 is 0 Å². The first kappa shape index (κ1) is 8.08. The highest BCUT2D eigenvalue weighted by Gasteiger charge is 2.08. The fraction of sp³-hybridized carbons (Fsp3) is 0.500. The molecule has 0 aliphatic carbocycles. The van der Waals surface area contributed by atoms with Crippen LogP contribution in [0.25, 0.3) is 0 Å². The highest BCUT2D eigenvalue weighted by Crippen LogP contribution is 1.91. The second-order valence-corrected chi connectivity index (χ2v) is 2.66. The Morgan fingerprint density at radius 2 is 1.44 bits per heavy atom. The first-order chi connectivity index (χ1) is 4.12. The van der Waals surface area contributed by atoms with Crippen LogP contribution in [0.2, 0.25) is 0 Å². The van der Waals surface area contributed by atoms with Crippen molar-refractivity contribution in [3.63, 3.8) is 0 Å². The van der Waals surface area contributed by atoms with E-state index in [1.165, 1.54) is 0 Å². The van der Waals surface area contributed by atoms with E-state index in [0.29, 0.717) is 17.6 Å². The molecule has 0 saturated carbocycles. The average molecular weight is 122 g/mol. The number of nitrogens with zero attached hydrogens (tertiary/aromatic N) is 1. The van der Waals surface area contributed by atoms with E-state index in [0.717, 1.165) is 0 Å². The van der Waals surface area contributed by atoms with Crippen LogP contribution in [0, 0.1) is 24.7 Å². The number of terminal acetylenes is 2. The maximum absolute atomic E-state index is 5.11. The van der Waals surface area contributed by atoms with Gasteiger partial charge in [0.1, 0.15) is 13.1 Å². The van der Waals surface area contributed by atoms with Gasteiger partial charge in [0, 0.05) is 0 Å². The van der Waals surface area contributed by atoms with Gasteiger partial charge >= 0.3 is 0 Å². The van der Waals surface area contributed by atoms with E-state index in [2.05, 4.69) is 11.8 Å². The van der Waals surface area contributed by atoms with Gasteiger partial charge in [-0.2, -0.15) is 0 Å². The molecule has 0 aliphatic rings. The fourth-order valence-electron chi connectivity index (χ4n) is 0.550. The van der Waals surface area contributed by atoms with Gasteiger partial charge in [0.05, 0.1) is 14.1 Å². The summed E-state index contributed by atoms with van der Waals surface area (Å²) in [6.45, 7) is 1.40. The second-order valence-electron chi connectivity index (χ2n) is 2.66. The van der Waals surface area contributed by atoms with E-state index >= 15 is 0 Å². The summed E-state index contributed by atoms with van der Waals surface area (Å²) >= 11 is 0. The highest BCUT2D eigenvalue weighted by molar-refractivity contribution is 4.87. The molecular weight excluding hydrogens is 110 g/mol. The van der Waals surface area contributed by atoms with E-state index in [1.54, 1.807) is 0 Å². The maximum Gasteiger partial charge on any atom is 0.141 e. The third-order valence-electron chi connectivity index (χ3n) is 1.04. The molecular formula is C8H12N+. The van der Waals surface area contributed by atoms with Crippen LogP contribution in [0.4, 0.5) is 0 Å². The van der Waals surface area contributed by atoms with Crippen molar-refractivity contribution in [1.29, 1.82) is 0 Å². The molecule has 0 aliphatic heterocycles. The van der Waals surface area contributed by atoms with Gasteiger partial charge < -0.3 is 4.48 Å². The molecule has 0 spiro atoms. The molecule has 0 rings (SSSR count). The van der Waals surface area contributed by atoms with Crippen LogP contribution in [-0.4, -0.2) is 31.7 Å². The number of hydrogen-bond donors (Lipinski definition) is 0. The third kappa shape index (κ3) is 3.64. The van der Waals surface area contributed by atoms with E-state index in [4.69, 9.17) is 12.8 Å². The summed E-state index contributed by atoms with van der Waals surface area (Å²) in [5.41, 5.74) is 0. The number of quaternary nitrogens is 1. The summed E-state index contributed by atoms with van der Waals surface area (Å²) in [6.07, 6.45) is 10.2. The zero-order valence-electron chi connectivity index (χ0n) is 6.02. The summed E-state index contributed by atoms with van der Waals surface area (Å²) < 4.78 is 0.715. The molecule has 0 amide bonds. The minimum absolute atomic E-state index is 0.699. The molecule has 0 atom stereocenters. The molecule has 0 radical (unpaired) electrons. The predicted octanol–water partition coefficient (Wildman–Crippen LogP) is 0.329. The van der Waals surface area contributed by atoms with Gasteiger partial charge in [-0.1, -0.05) is 0 Å². The molecule has 0 aromatic rings. The fourth-order valence-corrected chi connectivity index (χ4v) is 0.550. The Morgan fingerprint density at radius 3 is 1.67 bits per heavy atom. The van der Waals surface area contributed by atoms with Crippen molar-refractivity contribution >= 4 is 0 Å². The Bertz CT molecular complexity index is 136. The average Bonchev–Trinajstić information content (AvgIpc) is 1.64. The van der Waals surface area contributed by atoms with Crippen LogP contribution in [0.1, 0.15) is 0 Å². The van der Waals surface area contributed by atoms with Gasteiger partial charge in [-0.15, -0.1) is 12.8 Å². The minimum Gasteiger partial charge on any atom is -0.308 e. The lowest BCUT2D eigenvalue weighted by molar-refractivity contribution is -0.875. The largest absolute Gasteiger partial charge is 0.308 e. The smallest absolute Gasteiger partial charge is 0.141 e. The molecule has 0 fully saturated rings. The summed E-state index contributed by atoms with van der Waals surface area (Å²) in [5.74, 6) is 5.14. The SMILES string of the molecule is C#CC[N+](C)(C)CC#C. The predicted molar refractivity (Wildman–Crippen MR) is 39.5 cm³/mol. The molecule has 0 unspecified atom stereocenters. The Balaban J connectivity index is 3.77. The van der Waals surface area contributed by atoms with Gasteiger partial charge in [-0.05, 0) is 11.8 Å². The Kier molecular flexibility index (Phi) is 2.85. The first-order valence-corrected chi connectivity index (χ1v) is 2.81. The molecule has 0 aromatic heterocycles. The monoisotopic (exact) mass is 122 g/mol. The van der Waals surface area contributed by atoms with Gasteiger partial charge in [0.25, 0.3) is 0 Å². The molecule has 0 N–H and O–H groups in total. The first-order valence-electron chi connectivity index (χ1n) is 2.81. The second kappa shape index (κ2) is 3.17. The van der Waals surface area contributed by atoms with Gasteiger partial charge in [0.15, 0.2) is 0 Å². The van der Waals surface area contributed by atoms with E-state index in [9.17, 15) is 0 Å².